The van der Waals surface area contributed by atoms with Crippen molar-refractivity contribution >= 4 is 21.4 Å². The Labute approximate surface area is 140 Å². The van der Waals surface area contributed by atoms with Crippen molar-refractivity contribution in [1.29, 1.82) is 0 Å². The fraction of sp³-hybridized carbons (Fsp3) is 0.375. The van der Waals surface area contributed by atoms with Crippen molar-refractivity contribution in [2.75, 3.05) is 14.2 Å². The van der Waals surface area contributed by atoms with Crippen LogP contribution in [0.5, 0.6) is 11.5 Å². The fourth-order valence-corrected chi connectivity index (χ4v) is 5.41. The minimum absolute atomic E-state index is 0.239. The second kappa shape index (κ2) is 6.14. The van der Waals surface area contributed by atoms with Gasteiger partial charge in [-0.25, -0.2) is 13.1 Å². The lowest BCUT2D eigenvalue weighted by molar-refractivity contribution is 0.354. The van der Waals surface area contributed by atoms with Crippen LogP contribution in [0.15, 0.2) is 28.5 Å². The molecular formula is C16H19NO4S2. The molecule has 0 radical (unpaired) electrons. The number of benzene rings is 1. The van der Waals surface area contributed by atoms with Crippen molar-refractivity contribution in [2.24, 2.45) is 0 Å². The lowest BCUT2D eigenvalue weighted by Gasteiger charge is -2.16. The molecule has 0 fully saturated rings. The molecule has 2 aromatic rings. The molecule has 0 aliphatic heterocycles. The van der Waals surface area contributed by atoms with Crippen LogP contribution >= 0.6 is 11.3 Å². The highest BCUT2D eigenvalue weighted by molar-refractivity contribution is 7.91. The van der Waals surface area contributed by atoms with Gasteiger partial charge in [0.15, 0.2) is 11.5 Å². The van der Waals surface area contributed by atoms with E-state index in [1.165, 1.54) is 11.3 Å². The molecule has 23 heavy (non-hydrogen) atoms. The third-order valence-electron chi connectivity index (χ3n) is 4.00. The van der Waals surface area contributed by atoms with Crippen LogP contribution in [0, 0.1) is 6.92 Å². The number of ether oxygens (including phenoxy) is 2. The van der Waals surface area contributed by atoms with Gasteiger partial charge in [-0.3, -0.25) is 0 Å². The van der Waals surface area contributed by atoms with E-state index in [2.05, 4.69) is 4.72 Å². The van der Waals surface area contributed by atoms with E-state index >= 15 is 0 Å². The molecule has 1 heterocycles. The topological polar surface area (TPSA) is 64.6 Å². The van der Waals surface area contributed by atoms with Crippen molar-refractivity contribution in [3.05, 3.63) is 40.3 Å². The molecule has 0 saturated heterocycles. The third kappa shape index (κ3) is 3.08. The summed E-state index contributed by atoms with van der Waals surface area (Å²) in [5.74, 6) is 1.29. The average Bonchev–Trinajstić information content (AvgIpc) is 3.12. The first-order chi connectivity index (χ1) is 10.9. The second-order valence-corrected chi connectivity index (χ2v) is 8.71. The van der Waals surface area contributed by atoms with Gasteiger partial charge < -0.3 is 9.47 Å². The van der Waals surface area contributed by atoms with Gasteiger partial charge >= 0.3 is 0 Å². The Kier molecular flexibility index (Phi) is 4.35. The first-order valence-corrected chi connectivity index (χ1v) is 9.58. The van der Waals surface area contributed by atoms with Gasteiger partial charge in [-0.15, -0.1) is 11.3 Å². The summed E-state index contributed by atoms with van der Waals surface area (Å²) >= 11 is 1.28. The molecule has 1 aromatic heterocycles. The maximum Gasteiger partial charge on any atom is 0.250 e. The van der Waals surface area contributed by atoms with E-state index in [0.29, 0.717) is 15.7 Å². The molecule has 0 amide bonds. The molecule has 1 aliphatic carbocycles. The minimum Gasteiger partial charge on any atom is -0.493 e. The van der Waals surface area contributed by atoms with E-state index < -0.39 is 10.0 Å². The lowest BCUT2D eigenvalue weighted by Crippen LogP contribution is -2.26. The summed E-state index contributed by atoms with van der Waals surface area (Å²) in [5, 5.41) is 0. The van der Waals surface area contributed by atoms with Gasteiger partial charge in [0.2, 0.25) is 0 Å². The average molecular weight is 353 g/mol. The first kappa shape index (κ1) is 16.3. The number of rotatable bonds is 5. The summed E-state index contributed by atoms with van der Waals surface area (Å²) in [5.41, 5.74) is 2.05. The molecule has 1 aliphatic rings. The molecular weight excluding hydrogens is 334 g/mol. The van der Waals surface area contributed by atoms with E-state index in [4.69, 9.17) is 9.47 Å². The van der Waals surface area contributed by atoms with Crippen LogP contribution in [0.25, 0.3) is 0 Å². The van der Waals surface area contributed by atoms with Crippen molar-refractivity contribution in [2.45, 2.75) is 30.0 Å². The predicted octanol–water partition coefficient (Wildman–Crippen LogP) is 3.04. The first-order valence-electron chi connectivity index (χ1n) is 7.28. The van der Waals surface area contributed by atoms with Crippen LogP contribution < -0.4 is 14.2 Å². The van der Waals surface area contributed by atoms with E-state index in [9.17, 15) is 8.42 Å². The zero-order valence-electron chi connectivity index (χ0n) is 13.3. The third-order valence-corrected chi connectivity index (χ3v) is 6.97. The van der Waals surface area contributed by atoms with Gasteiger partial charge in [0.05, 0.1) is 14.2 Å². The number of sulfonamides is 1. The maximum absolute atomic E-state index is 12.5. The van der Waals surface area contributed by atoms with Crippen molar-refractivity contribution < 1.29 is 17.9 Å². The molecule has 1 atom stereocenters. The van der Waals surface area contributed by atoms with Crippen LogP contribution in [-0.4, -0.2) is 22.6 Å². The van der Waals surface area contributed by atoms with Crippen LogP contribution in [-0.2, 0) is 16.4 Å². The summed E-state index contributed by atoms with van der Waals surface area (Å²) in [6, 6.07) is 7.02. The monoisotopic (exact) mass is 353 g/mol. The Morgan fingerprint density at radius 2 is 1.87 bits per heavy atom. The molecule has 1 unspecified atom stereocenters. The number of aryl methyl sites for hydroxylation is 2. The molecule has 0 spiro atoms. The number of nitrogens with one attached hydrogen (secondary N) is 1. The molecule has 1 aromatic carbocycles. The van der Waals surface area contributed by atoms with Gasteiger partial charge in [-0.2, -0.15) is 0 Å². The number of thiophene rings is 1. The lowest BCUT2D eigenvalue weighted by atomic mass is 10.1. The maximum atomic E-state index is 12.5. The van der Waals surface area contributed by atoms with Gasteiger partial charge in [-0.1, -0.05) is 0 Å². The zero-order valence-corrected chi connectivity index (χ0v) is 14.9. The highest BCUT2D eigenvalue weighted by atomic mass is 32.2. The molecule has 3 rings (SSSR count). The summed E-state index contributed by atoms with van der Waals surface area (Å²) in [4.78, 5) is 0.976. The van der Waals surface area contributed by atoms with E-state index in [1.54, 1.807) is 20.3 Å². The number of hydrogen-bond acceptors (Lipinski definition) is 5. The Morgan fingerprint density at radius 3 is 2.48 bits per heavy atom. The molecule has 0 bridgehead atoms. The van der Waals surface area contributed by atoms with E-state index in [-0.39, 0.29) is 6.04 Å². The normalized spacial score (nSPS) is 17.1. The van der Waals surface area contributed by atoms with Gasteiger partial charge in [0.1, 0.15) is 4.21 Å². The number of hydrogen-bond donors (Lipinski definition) is 1. The van der Waals surface area contributed by atoms with Gasteiger partial charge in [0, 0.05) is 10.9 Å². The Morgan fingerprint density at radius 1 is 1.17 bits per heavy atom. The molecule has 7 heteroatoms. The van der Waals surface area contributed by atoms with Crippen LogP contribution in [0.1, 0.15) is 28.5 Å². The van der Waals surface area contributed by atoms with Crippen molar-refractivity contribution in [1.82, 2.24) is 4.72 Å². The van der Waals surface area contributed by atoms with Crippen molar-refractivity contribution in [3.63, 3.8) is 0 Å². The quantitative estimate of drug-likeness (QED) is 0.897. The molecule has 124 valence electrons. The van der Waals surface area contributed by atoms with E-state index in [1.807, 2.05) is 25.1 Å². The minimum atomic E-state index is -3.50. The van der Waals surface area contributed by atoms with Crippen molar-refractivity contribution in [3.8, 4) is 11.5 Å². The van der Waals surface area contributed by atoms with Gasteiger partial charge in [0.25, 0.3) is 10.0 Å². The van der Waals surface area contributed by atoms with Crippen LogP contribution in [0.3, 0.4) is 0 Å². The highest BCUT2D eigenvalue weighted by Gasteiger charge is 2.29. The molecule has 5 nitrogen and oxygen atoms in total. The summed E-state index contributed by atoms with van der Waals surface area (Å²) < 4.78 is 38.9. The molecule has 1 N–H and O–H groups in total. The Hall–Kier alpha value is -1.57. The standard InChI is InChI=1S/C16H19NO4S2/c1-10-4-7-16(22-10)23(18,19)17-13-6-5-11-8-14(20-2)15(21-3)9-12(11)13/h4,7-9,13,17H,5-6H2,1-3H3. The fourth-order valence-electron chi connectivity index (χ4n) is 2.86. The number of fused-ring (bicyclic) bond motifs is 1. The Bertz CT molecular complexity index is 827. The van der Waals surface area contributed by atoms with Crippen LogP contribution in [0.4, 0.5) is 0 Å². The van der Waals surface area contributed by atoms with Gasteiger partial charge in [-0.05, 0) is 55.2 Å². The SMILES string of the molecule is COc1cc2c(cc1OC)C(NS(=O)(=O)c1ccc(C)s1)CC2. The predicted molar refractivity (Wildman–Crippen MR) is 90.0 cm³/mol. The number of methoxy groups -OCH3 is 2. The summed E-state index contributed by atoms with van der Waals surface area (Å²) in [7, 11) is -0.332. The Balaban J connectivity index is 1.91. The second-order valence-electron chi connectivity index (χ2n) is 5.48. The van der Waals surface area contributed by atoms with E-state index in [0.717, 1.165) is 28.8 Å². The highest BCUT2D eigenvalue weighted by Crippen LogP contribution is 2.40. The summed E-state index contributed by atoms with van der Waals surface area (Å²) in [6.07, 6.45) is 1.54. The smallest absolute Gasteiger partial charge is 0.250 e. The zero-order chi connectivity index (χ0) is 16.6. The largest absolute Gasteiger partial charge is 0.493 e. The molecule has 0 saturated carbocycles. The summed E-state index contributed by atoms with van der Waals surface area (Å²) in [6.45, 7) is 1.89. The van der Waals surface area contributed by atoms with Crippen LogP contribution in [0.2, 0.25) is 0 Å².